The van der Waals surface area contributed by atoms with Crippen LogP contribution in [0.5, 0.6) is 0 Å². The smallest absolute Gasteiger partial charge is 0.238 e. The van der Waals surface area contributed by atoms with Gasteiger partial charge in [-0.15, -0.1) is 0 Å². The Bertz CT molecular complexity index is 1140. The molecule has 1 amide bonds. The molecule has 0 saturated carbocycles. The Hall–Kier alpha value is -2.62. The quantitative estimate of drug-likeness (QED) is 0.584. The fourth-order valence-corrected chi connectivity index (χ4v) is 4.21. The molecule has 2 aromatic carbocycles. The Labute approximate surface area is 174 Å². The summed E-state index contributed by atoms with van der Waals surface area (Å²) in [6, 6.07) is 11.9. The van der Waals surface area contributed by atoms with E-state index in [0.29, 0.717) is 10.8 Å². The first-order valence-corrected chi connectivity index (χ1v) is 11.3. The highest BCUT2D eigenvalue weighted by atomic mass is 32.2. The summed E-state index contributed by atoms with van der Waals surface area (Å²) in [6.07, 6.45) is 3.58. The molecule has 0 aliphatic heterocycles. The van der Waals surface area contributed by atoms with Crippen molar-refractivity contribution in [2.75, 3.05) is 5.32 Å². The molecule has 29 heavy (non-hydrogen) atoms. The SMILES string of the molecule is Cc1ccc(-n2ccnc2S[C@@H](C)C(=O)Nc2ccc(S(N)(=O)=O)cc2)c(C)c1. The van der Waals surface area contributed by atoms with Gasteiger partial charge in [0.1, 0.15) is 0 Å². The Balaban J connectivity index is 1.72. The van der Waals surface area contributed by atoms with E-state index in [9.17, 15) is 13.2 Å². The number of aromatic nitrogens is 2. The fourth-order valence-electron chi connectivity index (χ4n) is 2.82. The molecule has 1 atom stereocenters. The van der Waals surface area contributed by atoms with Crippen molar-refractivity contribution in [2.45, 2.75) is 36.1 Å². The van der Waals surface area contributed by atoms with Crippen LogP contribution in [0.2, 0.25) is 0 Å². The molecule has 0 spiro atoms. The largest absolute Gasteiger partial charge is 0.325 e. The van der Waals surface area contributed by atoms with Crippen molar-refractivity contribution < 1.29 is 13.2 Å². The number of carbonyl (C=O) groups excluding carboxylic acids is 1. The van der Waals surface area contributed by atoms with Gasteiger partial charge in [-0.2, -0.15) is 0 Å². The number of hydrogen-bond donors (Lipinski definition) is 2. The lowest BCUT2D eigenvalue weighted by atomic mass is 10.1. The first-order chi connectivity index (χ1) is 13.6. The topological polar surface area (TPSA) is 107 Å². The van der Waals surface area contributed by atoms with Crippen molar-refractivity contribution in [2.24, 2.45) is 5.14 Å². The lowest BCUT2D eigenvalue weighted by Crippen LogP contribution is -2.23. The van der Waals surface area contributed by atoms with Gasteiger partial charge in [-0.05, 0) is 56.7 Å². The third-order valence-electron chi connectivity index (χ3n) is 4.32. The average molecular weight is 431 g/mol. The summed E-state index contributed by atoms with van der Waals surface area (Å²) in [7, 11) is -3.76. The number of amides is 1. The van der Waals surface area contributed by atoms with E-state index in [4.69, 9.17) is 5.14 Å². The van der Waals surface area contributed by atoms with Crippen LogP contribution in [-0.4, -0.2) is 29.1 Å². The van der Waals surface area contributed by atoms with Gasteiger partial charge in [0, 0.05) is 18.1 Å². The van der Waals surface area contributed by atoms with Crippen LogP contribution in [0.25, 0.3) is 5.69 Å². The number of imidazole rings is 1. The molecule has 3 rings (SSSR count). The van der Waals surface area contributed by atoms with Crippen molar-refractivity contribution in [3.63, 3.8) is 0 Å². The van der Waals surface area contributed by atoms with Crippen LogP contribution >= 0.6 is 11.8 Å². The van der Waals surface area contributed by atoms with E-state index in [1.54, 1.807) is 13.1 Å². The van der Waals surface area contributed by atoms with Crippen LogP contribution < -0.4 is 10.5 Å². The zero-order valence-electron chi connectivity index (χ0n) is 16.3. The standard InChI is InChI=1S/C20H22N4O3S2/c1-13-4-9-18(14(2)12-13)24-11-10-22-20(24)28-15(3)19(25)23-16-5-7-17(8-6-16)29(21,26)27/h4-12,15H,1-3H3,(H,23,25)(H2,21,26,27)/t15-/m0/s1. The molecule has 9 heteroatoms. The lowest BCUT2D eigenvalue weighted by Gasteiger charge is -2.15. The molecule has 152 valence electrons. The van der Waals surface area contributed by atoms with Crippen LogP contribution in [0.3, 0.4) is 0 Å². The maximum atomic E-state index is 12.6. The van der Waals surface area contributed by atoms with Crippen molar-refractivity contribution in [1.82, 2.24) is 9.55 Å². The zero-order valence-corrected chi connectivity index (χ0v) is 17.9. The molecule has 0 aliphatic rings. The van der Waals surface area contributed by atoms with Gasteiger partial charge in [0.25, 0.3) is 0 Å². The van der Waals surface area contributed by atoms with E-state index in [0.717, 1.165) is 11.3 Å². The maximum Gasteiger partial charge on any atom is 0.238 e. The fraction of sp³-hybridized carbons (Fsp3) is 0.200. The van der Waals surface area contributed by atoms with Crippen molar-refractivity contribution in [3.8, 4) is 5.69 Å². The number of benzene rings is 2. The number of nitrogens with two attached hydrogens (primary N) is 1. The van der Waals surface area contributed by atoms with Crippen molar-refractivity contribution in [1.29, 1.82) is 0 Å². The number of nitrogens with zero attached hydrogens (tertiary/aromatic N) is 2. The molecular weight excluding hydrogens is 408 g/mol. The molecule has 3 aromatic rings. The van der Waals surface area contributed by atoms with Gasteiger partial charge in [-0.3, -0.25) is 9.36 Å². The zero-order chi connectivity index (χ0) is 21.2. The summed E-state index contributed by atoms with van der Waals surface area (Å²) >= 11 is 1.34. The minimum atomic E-state index is -3.76. The second-order valence-corrected chi connectivity index (χ2v) is 9.56. The number of aryl methyl sites for hydroxylation is 2. The van der Waals surface area contributed by atoms with E-state index in [-0.39, 0.29) is 10.8 Å². The molecule has 0 fully saturated rings. The summed E-state index contributed by atoms with van der Waals surface area (Å²) in [5.74, 6) is -0.214. The molecule has 0 bridgehead atoms. The first kappa shape index (κ1) is 21.1. The van der Waals surface area contributed by atoms with Gasteiger partial charge in [0.2, 0.25) is 15.9 Å². The lowest BCUT2D eigenvalue weighted by molar-refractivity contribution is -0.115. The molecule has 1 heterocycles. The Morgan fingerprint density at radius 1 is 1.17 bits per heavy atom. The third-order valence-corrected chi connectivity index (χ3v) is 6.33. The number of sulfonamides is 1. The second kappa shape index (κ2) is 8.40. The summed E-state index contributed by atoms with van der Waals surface area (Å²) in [4.78, 5) is 17.0. The predicted molar refractivity (Wildman–Crippen MR) is 115 cm³/mol. The number of primary sulfonamides is 1. The number of thioether (sulfide) groups is 1. The number of anilines is 1. The van der Waals surface area contributed by atoms with E-state index in [1.165, 1.54) is 41.6 Å². The van der Waals surface area contributed by atoms with Crippen molar-refractivity contribution >= 4 is 33.4 Å². The number of hydrogen-bond acceptors (Lipinski definition) is 5. The van der Waals surface area contributed by atoms with Gasteiger partial charge in [-0.25, -0.2) is 18.5 Å². The van der Waals surface area contributed by atoms with E-state index in [2.05, 4.69) is 16.4 Å². The normalized spacial score (nSPS) is 12.6. The number of rotatable bonds is 6. The highest BCUT2D eigenvalue weighted by Gasteiger charge is 2.19. The highest BCUT2D eigenvalue weighted by Crippen LogP contribution is 2.27. The van der Waals surface area contributed by atoms with Gasteiger partial charge in [0.15, 0.2) is 5.16 Å². The molecule has 0 saturated heterocycles. The summed E-state index contributed by atoms with van der Waals surface area (Å²) in [5.41, 5.74) is 3.81. The highest BCUT2D eigenvalue weighted by molar-refractivity contribution is 8.00. The minimum Gasteiger partial charge on any atom is -0.325 e. The Morgan fingerprint density at radius 2 is 1.86 bits per heavy atom. The molecule has 0 aliphatic carbocycles. The molecule has 0 radical (unpaired) electrons. The monoisotopic (exact) mass is 430 g/mol. The Kier molecular flexibility index (Phi) is 6.11. The predicted octanol–water partition coefficient (Wildman–Crippen LogP) is 3.26. The average Bonchev–Trinajstić information content (AvgIpc) is 3.09. The number of nitrogens with one attached hydrogen (secondary N) is 1. The van der Waals surface area contributed by atoms with Crippen LogP contribution in [-0.2, 0) is 14.8 Å². The summed E-state index contributed by atoms with van der Waals surface area (Å²) < 4.78 is 24.6. The van der Waals surface area contributed by atoms with Crippen molar-refractivity contribution in [3.05, 3.63) is 66.0 Å². The Morgan fingerprint density at radius 3 is 2.48 bits per heavy atom. The van der Waals surface area contributed by atoms with Crippen LogP contribution in [0, 0.1) is 13.8 Å². The van der Waals surface area contributed by atoms with Crippen LogP contribution in [0.15, 0.2) is 64.9 Å². The number of carbonyl (C=O) groups is 1. The van der Waals surface area contributed by atoms with Crippen LogP contribution in [0.4, 0.5) is 5.69 Å². The van der Waals surface area contributed by atoms with Crippen LogP contribution in [0.1, 0.15) is 18.1 Å². The van der Waals surface area contributed by atoms with E-state index < -0.39 is 15.3 Å². The minimum absolute atomic E-state index is 0.00609. The summed E-state index contributed by atoms with van der Waals surface area (Å²) in [6.45, 7) is 5.88. The molecule has 3 N–H and O–H groups in total. The molecule has 7 nitrogen and oxygen atoms in total. The van der Waals surface area contributed by atoms with E-state index >= 15 is 0 Å². The first-order valence-electron chi connectivity index (χ1n) is 8.86. The molecule has 1 aromatic heterocycles. The molecule has 0 unspecified atom stereocenters. The molecular formula is C20H22N4O3S2. The van der Waals surface area contributed by atoms with Gasteiger partial charge < -0.3 is 5.32 Å². The maximum absolute atomic E-state index is 12.6. The summed E-state index contributed by atoms with van der Waals surface area (Å²) in [5, 5.41) is 8.16. The second-order valence-electron chi connectivity index (χ2n) is 6.69. The van der Waals surface area contributed by atoms with E-state index in [1.807, 2.05) is 36.7 Å². The van der Waals surface area contributed by atoms with Gasteiger partial charge in [-0.1, -0.05) is 29.5 Å². The van der Waals surface area contributed by atoms with Gasteiger partial charge in [0.05, 0.1) is 15.8 Å². The van der Waals surface area contributed by atoms with Gasteiger partial charge >= 0.3 is 0 Å². The third kappa shape index (κ3) is 5.06.